The van der Waals surface area contributed by atoms with E-state index in [9.17, 15) is 18.0 Å². The zero-order valence-corrected chi connectivity index (χ0v) is 13.7. The van der Waals surface area contributed by atoms with Crippen LogP contribution in [0.4, 0.5) is 0 Å². The molecule has 10 heteroatoms. The highest BCUT2D eigenvalue weighted by Gasteiger charge is 2.29. The van der Waals surface area contributed by atoms with E-state index in [4.69, 9.17) is 4.74 Å². The molecular formula is C13H15N3O5S2. The van der Waals surface area contributed by atoms with Crippen molar-refractivity contribution in [2.75, 3.05) is 18.1 Å². The standard InChI is InChI=1S/C13H15N3O5S2/c17-11(14-9-1-4-23(19,20)8-9)7-21-12(18)5-10-6-16-2-3-22-13(16)15-10/h2-3,6,9H,1,4-5,7-8H2,(H,14,17)/t9-/m0/s1. The number of amides is 1. The van der Waals surface area contributed by atoms with Crippen LogP contribution in [0.15, 0.2) is 17.8 Å². The van der Waals surface area contributed by atoms with Crippen LogP contribution in [0.25, 0.3) is 4.96 Å². The minimum absolute atomic E-state index is 0.0144. The van der Waals surface area contributed by atoms with Crippen molar-refractivity contribution in [1.29, 1.82) is 0 Å². The minimum Gasteiger partial charge on any atom is -0.455 e. The lowest BCUT2D eigenvalue weighted by atomic mass is 10.2. The number of thiazole rings is 1. The van der Waals surface area contributed by atoms with Crippen LogP contribution >= 0.6 is 11.3 Å². The lowest BCUT2D eigenvalue weighted by Crippen LogP contribution is -2.38. The second-order valence-electron chi connectivity index (χ2n) is 5.33. The second kappa shape index (κ2) is 6.28. The summed E-state index contributed by atoms with van der Waals surface area (Å²) in [6.07, 6.45) is 3.95. The van der Waals surface area contributed by atoms with E-state index in [2.05, 4.69) is 10.3 Å². The maximum atomic E-state index is 11.7. The molecule has 0 unspecified atom stereocenters. The Kier molecular flexibility index (Phi) is 4.35. The molecule has 0 spiro atoms. The number of ether oxygens (including phenoxy) is 1. The monoisotopic (exact) mass is 357 g/mol. The first-order valence-electron chi connectivity index (χ1n) is 6.98. The van der Waals surface area contributed by atoms with Gasteiger partial charge in [0.05, 0.1) is 23.6 Å². The van der Waals surface area contributed by atoms with E-state index in [1.165, 1.54) is 11.3 Å². The highest BCUT2D eigenvalue weighted by molar-refractivity contribution is 7.91. The lowest BCUT2D eigenvalue weighted by Gasteiger charge is -2.10. The average Bonchev–Trinajstić information content (AvgIpc) is 3.11. The fraction of sp³-hybridized carbons (Fsp3) is 0.462. The SMILES string of the molecule is O=C(COC(=O)Cc1cn2ccsc2n1)N[C@H]1CCS(=O)(=O)C1. The fourth-order valence-electron chi connectivity index (χ4n) is 2.38. The fourth-order valence-corrected chi connectivity index (χ4v) is 4.78. The lowest BCUT2D eigenvalue weighted by molar-refractivity contribution is -0.148. The van der Waals surface area contributed by atoms with Crippen molar-refractivity contribution < 1.29 is 22.7 Å². The van der Waals surface area contributed by atoms with Gasteiger partial charge in [-0.1, -0.05) is 0 Å². The first-order chi connectivity index (χ1) is 10.9. The summed E-state index contributed by atoms with van der Waals surface area (Å²) >= 11 is 1.46. The van der Waals surface area contributed by atoms with Gasteiger partial charge in [-0.3, -0.25) is 14.0 Å². The number of carbonyl (C=O) groups excluding carboxylic acids is 2. The summed E-state index contributed by atoms with van der Waals surface area (Å²) in [7, 11) is -3.05. The molecule has 3 rings (SSSR count). The van der Waals surface area contributed by atoms with Gasteiger partial charge in [0, 0.05) is 23.8 Å². The molecule has 0 bridgehead atoms. The van der Waals surface area contributed by atoms with Gasteiger partial charge in [0.25, 0.3) is 5.91 Å². The number of aromatic nitrogens is 2. The molecule has 1 N–H and O–H groups in total. The molecule has 1 fully saturated rings. The molecule has 1 aliphatic heterocycles. The van der Waals surface area contributed by atoms with Gasteiger partial charge in [0.1, 0.15) is 0 Å². The number of fused-ring (bicyclic) bond motifs is 1. The van der Waals surface area contributed by atoms with Crippen molar-refractivity contribution >= 4 is 38.0 Å². The van der Waals surface area contributed by atoms with Crippen molar-refractivity contribution in [1.82, 2.24) is 14.7 Å². The molecule has 0 radical (unpaired) electrons. The molecular weight excluding hydrogens is 342 g/mol. The van der Waals surface area contributed by atoms with Crippen LogP contribution in [0.2, 0.25) is 0 Å². The Morgan fingerprint density at radius 1 is 1.48 bits per heavy atom. The van der Waals surface area contributed by atoms with E-state index in [-0.39, 0.29) is 17.9 Å². The molecule has 2 aromatic heterocycles. The van der Waals surface area contributed by atoms with E-state index in [1.54, 1.807) is 10.6 Å². The molecule has 124 valence electrons. The van der Waals surface area contributed by atoms with E-state index < -0.39 is 34.4 Å². The van der Waals surface area contributed by atoms with E-state index in [0.717, 1.165) is 4.96 Å². The van der Waals surface area contributed by atoms with Gasteiger partial charge in [-0.2, -0.15) is 0 Å². The topological polar surface area (TPSA) is 107 Å². The number of hydrogen-bond donors (Lipinski definition) is 1. The molecule has 0 saturated carbocycles. The normalized spacial score (nSPS) is 19.7. The number of nitrogens with one attached hydrogen (secondary N) is 1. The zero-order chi connectivity index (χ0) is 16.4. The summed E-state index contributed by atoms with van der Waals surface area (Å²) in [5.41, 5.74) is 0.573. The van der Waals surface area contributed by atoms with Crippen LogP contribution in [0.5, 0.6) is 0 Å². The molecule has 3 heterocycles. The zero-order valence-electron chi connectivity index (χ0n) is 12.1. The van der Waals surface area contributed by atoms with Gasteiger partial charge in [-0.15, -0.1) is 11.3 Å². The minimum atomic E-state index is -3.05. The largest absolute Gasteiger partial charge is 0.455 e. The third-order valence-electron chi connectivity index (χ3n) is 3.43. The summed E-state index contributed by atoms with van der Waals surface area (Å²) in [5.74, 6) is -1.02. The van der Waals surface area contributed by atoms with Gasteiger partial charge in [0.2, 0.25) is 0 Å². The van der Waals surface area contributed by atoms with Crippen molar-refractivity contribution in [2.45, 2.75) is 18.9 Å². The van der Waals surface area contributed by atoms with Crippen LogP contribution in [-0.4, -0.2) is 53.8 Å². The van der Waals surface area contributed by atoms with E-state index in [1.807, 2.05) is 11.6 Å². The molecule has 0 aliphatic carbocycles. The van der Waals surface area contributed by atoms with Crippen molar-refractivity contribution in [3.05, 3.63) is 23.5 Å². The van der Waals surface area contributed by atoms with Gasteiger partial charge in [-0.05, 0) is 6.42 Å². The predicted molar refractivity (Wildman–Crippen MR) is 82.9 cm³/mol. The number of nitrogens with zero attached hydrogens (tertiary/aromatic N) is 2. The summed E-state index contributed by atoms with van der Waals surface area (Å²) in [5, 5.41) is 4.44. The maximum Gasteiger partial charge on any atom is 0.312 e. The molecule has 1 saturated heterocycles. The first-order valence-corrected chi connectivity index (χ1v) is 9.68. The number of rotatable bonds is 5. The third kappa shape index (κ3) is 4.08. The predicted octanol–water partition coefficient (Wildman–Crippen LogP) is -0.215. The molecule has 2 aromatic rings. The summed E-state index contributed by atoms with van der Waals surface area (Å²) < 4.78 is 29.3. The van der Waals surface area contributed by atoms with Crippen LogP contribution in [0, 0.1) is 0 Å². The highest BCUT2D eigenvalue weighted by atomic mass is 32.2. The van der Waals surface area contributed by atoms with Gasteiger partial charge < -0.3 is 10.1 Å². The Labute approximate surface area is 136 Å². The number of imidazole rings is 1. The Hall–Kier alpha value is -1.94. The molecule has 1 atom stereocenters. The molecule has 1 amide bonds. The Bertz CT molecular complexity index is 810. The first kappa shape index (κ1) is 15.9. The molecule has 0 aromatic carbocycles. The number of esters is 1. The third-order valence-corrected chi connectivity index (χ3v) is 5.97. The van der Waals surface area contributed by atoms with Gasteiger partial charge in [-0.25, -0.2) is 13.4 Å². The molecule has 8 nitrogen and oxygen atoms in total. The van der Waals surface area contributed by atoms with E-state index >= 15 is 0 Å². The van der Waals surface area contributed by atoms with Gasteiger partial charge in [0.15, 0.2) is 21.4 Å². The van der Waals surface area contributed by atoms with Gasteiger partial charge >= 0.3 is 5.97 Å². The summed E-state index contributed by atoms with van der Waals surface area (Å²) in [6, 6.07) is -0.397. The van der Waals surface area contributed by atoms with Crippen molar-refractivity contribution in [3.63, 3.8) is 0 Å². The summed E-state index contributed by atoms with van der Waals surface area (Å²) in [6.45, 7) is -0.419. The van der Waals surface area contributed by atoms with Crippen LogP contribution in [0.1, 0.15) is 12.1 Å². The summed E-state index contributed by atoms with van der Waals surface area (Å²) in [4.78, 5) is 28.4. The van der Waals surface area contributed by atoms with Crippen LogP contribution in [-0.2, 0) is 30.6 Å². The maximum absolute atomic E-state index is 11.7. The Morgan fingerprint density at radius 2 is 2.30 bits per heavy atom. The second-order valence-corrected chi connectivity index (χ2v) is 8.43. The number of carbonyl (C=O) groups is 2. The smallest absolute Gasteiger partial charge is 0.312 e. The number of sulfone groups is 1. The van der Waals surface area contributed by atoms with Crippen molar-refractivity contribution in [2.24, 2.45) is 0 Å². The quantitative estimate of drug-likeness (QED) is 0.742. The number of hydrogen-bond acceptors (Lipinski definition) is 7. The highest BCUT2D eigenvalue weighted by Crippen LogP contribution is 2.12. The molecule has 23 heavy (non-hydrogen) atoms. The van der Waals surface area contributed by atoms with E-state index in [0.29, 0.717) is 12.1 Å². The molecule has 1 aliphatic rings. The Balaban J connectivity index is 1.43. The van der Waals surface area contributed by atoms with Crippen LogP contribution in [0.3, 0.4) is 0 Å². The van der Waals surface area contributed by atoms with Crippen LogP contribution < -0.4 is 5.32 Å². The average molecular weight is 357 g/mol. The Morgan fingerprint density at radius 3 is 3.00 bits per heavy atom. The van der Waals surface area contributed by atoms with Crippen molar-refractivity contribution in [3.8, 4) is 0 Å².